The van der Waals surface area contributed by atoms with Crippen molar-refractivity contribution in [1.82, 2.24) is 10.2 Å². The molecule has 5 heteroatoms. The van der Waals surface area contributed by atoms with Crippen LogP contribution in [-0.4, -0.2) is 31.1 Å². The van der Waals surface area contributed by atoms with E-state index in [1.807, 2.05) is 0 Å². The Morgan fingerprint density at radius 3 is 2.62 bits per heavy atom. The van der Waals surface area contributed by atoms with Crippen LogP contribution in [0.1, 0.15) is 44.2 Å². The van der Waals surface area contributed by atoms with Crippen molar-refractivity contribution in [2.45, 2.75) is 38.6 Å². The lowest BCUT2D eigenvalue weighted by atomic mass is 9.97. The Morgan fingerprint density at radius 2 is 1.95 bits per heavy atom. The van der Waals surface area contributed by atoms with Gasteiger partial charge in [0, 0.05) is 37.8 Å². The number of piperazine rings is 1. The summed E-state index contributed by atoms with van der Waals surface area (Å²) in [4.78, 5) is 2.33. The van der Waals surface area contributed by atoms with Gasteiger partial charge in [0.15, 0.2) is 0 Å². The van der Waals surface area contributed by atoms with Crippen LogP contribution < -0.4 is 5.32 Å². The Labute approximate surface area is 136 Å². The summed E-state index contributed by atoms with van der Waals surface area (Å²) in [5.74, 6) is -0.246. The maximum atomic E-state index is 14.4. The molecule has 0 radical (unpaired) electrons. The predicted octanol–water partition coefficient (Wildman–Crippen LogP) is 4.66. The van der Waals surface area contributed by atoms with Crippen LogP contribution in [0.25, 0.3) is 0 Å². The summed E-state index contributed by atoms with van der Waals surface area (Å²) in [5, 5.41) is 4.14. The van der Waals surface area contributed by atoms with Gasteiger partial charge in [0.2, 0.25) is 0 Å². The first-order chi connectivity index (χ1) is 10.1. The van der Waals surface area contributed by atoms with E-state index in [2.05, 4.69) is 17.1 Å². The summed E-state index contributed by atoms with van der Waals surface area (Å²) < 4.78 is 14.4. The minimum absolute atomic E-state index is 0.0184. The van der Waals surface area contributed by atoms with E-state index >= 15 is 0 Å². The number of benzene rings is 1. The molecule has 0 amide bonds. The maximum Gasteiger partial charge on any atom is 0.129 e. The van der Waals surface area contributed by atoms with E-state index < -0.39 is 0 Å². The van der Waals surface area contributed by atoms with Gasteiger partial charge in [0.25, 0.3) is 0 Å². The molecule has 21 heavy (non-hydrogen) atoms. The first-order valence-corrected chi connectivity index (χ1v) is 8.49. The number of rotatable bonds is 6. The number of hydrogen-bond acceptors (Lipinski definition) is 2. The summed E-state index contributed by atoms with van der Waals surface area (Å²) in [6, 6.07) is 2.98. The molecule has 1 N–H and O–H groups in total. The Balaban J connectivity index is 2.27. The summed E-state index contributed by atoms with van der Waals surface area (Å²) in [6.45, 7) is 5.87. The fourth-order valence-electron chi connectivity index (χ4n) is 2.94. The molecule has 1 fully saturated rings. The zero-order chi connectivity index (χ0) is 15.2. The van der Waals surface area contributed by atoms with Crippen LogP contribution in [0.5, 0.6) is 0 Å². The lowest BCUT2D eigenvalue weighted by Crippen LogP contribution is -2.45. The van der Waals surface area contributed by atoms with E-state index in [-0.39, 0.29) is 11.9 Å². The summed E-state index contributed by atoms with van der Waals surface area (Å²) in [6.07, 6.45) is 4.31. The van der Waals surface area contributed by atoms with Crippen LogP contribution in [0, 0.1) is 5.82 Å². The van der Waals surface area contributed by atoms with Crippen molar-refractivity contribution in [1.29, 1.82) is 0 Å². The highest BCUT2D eigenvalue weighted by Gasteiger charge is 2.27. The topological polar surface area (TPSA) is 15.3 Å². The minimum Gasteiger partial charge on any atom is -0.314 e. The first kappa shape index (κ1) is 17.0. The molecule has 118 valence electrons. The Hall–Kier alpha value is -0.350. The smallest absolute Gasteiger partial charge is 0.129 e. The van der Waals surface area contributed by atoms with Gasteiger partial charge >= 0.3 is 0 Å². The molecule has 0 saturated carbocycles. The monoisotopic (exact) mass is 332 g/mol. The number of hydrogen-bond donors (Lipinski definition) is 1. The van der Waals surface area contributed by atoms with Crippen LogP contribution in [0.2, 0.25) is 10.0 Å². The highest BCUT2D eigenvalue weighted by Crippen LogP contribution is 2.37. The third-order valence-corrected chi connectivity index (χ3v) is 4.91. The van der Waals surface area contributed by atoms with E-state index in [1.165, 1.54) is 12.1 Å². The van der Waals surface area contributed by atoms with Gasteiger partial charge in [-0.3, -0.25) is 4.90 Å². The molecule has 0 spiro atoms. The zero-order valence-electron chi connectivity index (χ0n) is 12.5. The average Bonchev–Trinajstić information content (AvgIpc) is 2.51. The van der Waals surface area contributed by atoms with Crippen molar-refractivity contribution in [3.05, 3.63) is 33.6 Å². The molecule has 0 aromatic heterocycles. The second-order valence-electron chi connectivity index (χ2n) is 5.55. The Bertz CT molecular complexity index is 462. The van der Waals surface area contributed by atoms with Crippen molar-refractivity contribution in [2.75, 3.05) is 26.2 Å². The highest BCUT2D eigenvalue weighted by molar-refractivity contribution is 6.42. The lowest BCUT2D eigenvalue weighted by Gasteiger charge is -2.36. The molecule has 1 heterocycles. The van der Waals surface area contributed by atoms with Crippen LogP contribution in [0.3, 0.4) is 0 Å². The zero-order valence-corrected chi connectivity index (χ0v) is 14.0. The predicted molar refractivity (Wildman–Crippen MR) is 87.7 cm³/mol. The van der Waals surface area contributed by atoms with E-state index in [9.17, 15) is 4.39 Å². The van der Waals surface area contributed by atoms with Crippen molar-refractivity contribution in [2.24, 2.45) is 0 Å². The largest absolute Gasteiger partial charge is 0.314 e. The number of nitrogens with zero attached hydrogens (tertiary/aromatic N) is 1. The van der Waals surface area contributed by atoms with Gasteiger partial charge in [-0.15, -0.1) is 0 Å². The van der Waals surface area contributed by atoms with Crippen molar-refractivity contribution in [3.63, 3.8) is 0 Å². The Morgan fingerprint density at radius 1 is 1.24 bits per heavy atom. The van der Waals surface area contributed by atoms with Gasteiger partial charge in [-0.05, 0) is 18.6 Å². The van der Waals surface area contributed by atoms with Gasteiger partial charge < -0.3 is 5.32 Å². The van der Waals surface area contributed by atoms with Gasteiger partial charge in [0.05, 0.1) is 10.0 Å². The fourth-order valence-corrected chi connectivity index (χ4v) is 3.38. The fraction of sp³-hybridized carbons (Fsp3) is 0.625. The third kappa shape index (κ3) is 4.32. The third-order valence-electron chi connectivity index (χ3n) is 4.09. The molecule has 1 aromatic rings. The molecule has 2 nitrogen and oxygen atoms in total. The van der Waals surface area contributed by atoms with Gasteiger partial charge in [-0.25, -0.2) is 4.39 Å². The minimum atomic E-state index is -0.246. The SMILES string of the molecule is CCCCC[C@H](c1c(F)ccc(Cl)c1Cl)N1CCNCC1. The van der Waals surface area contributed by atoms with Gasteiger partial charge in [0.1, 0.15) is 5.82 Å². The summed E-state index contributed by atoms with van der Waals surface area (Å²) in [7, 11) is 0. The van der Waals surface area contributed by atoms with E-state index in [0.717, 1.165) is 51.9 Å². The molecule has 1 saturated heterocycles. The molecule has 1 aromatic carbocycles. The van der Waals surface area contributed by atoms with Crippen molar-refractivity contribution in [3.8, 4) is 0 Å². The highest BCUT2D eigenvalue weighted by atomic mass is 35.5. The van der Waals surface area contributed by atoms with E-state index in [1.54, 1.807) is 0 Å². The molecule has 1 atom stereocenters. The van der Waals surface area contributed by atoms with Crippen LogP contribution >= 0.6 is 23.2 Å². The molecular weight excluding hydrogens is 310 g/mol. The summed E-state index contributed by atoms with van der Waals surface area (Å²) >= 11 is 12.4. The molecule has 1 aliphatic rings. The number of unbranched alkanes of at least 4 members (excludes halogenated alkanes) is 2. The molecule has 1 aliphatic heterocycles. The van der Waals surface area contributed by atoms with Crippen molar-refractivity contribution < 1.29 is 4.39 Å². The Kier molecular flexibility index (Phi) is 6.74. The second kappa shape index (κ2) is 8.33. The lowest BCUT2D eigenvalue weighted by molar-refractivity contribution is 0.159. The summed E-state index contributed by atoms with van der Waals surface area (Å²) in [5.41, 5.74) is 0.571. The molecular formula is C16H23Cl2FN2. The molecule has 0 unspecified atom stereocenters. The van der Waals surface area contributed by atoms with Crippen LogP contribution in [0.15, 0.2) is 12.1 Å². The van der Waals surface area contributed by atoms with Crippen LogP contribution in [0.4, 0.5) is 4.39 Å². The second-order valence-corrected chi connectivity index (χ2v) is 6.34. The van der Waals surface area contributed by atoms with E-state index in [0.29, 0.717) is 15.6 Å². The molecule has 0 aliphatic carbocycles. The standard InChI is InChI=1S/C16H23Cl2FN2/c1-2-3-4-5-14(21-10-8-20-9-11-21)15-13(19)7-6-12(17)16(15)18/h6-7,14,20H,2-5,8-11H2,1H3/t14-/m1/s1. The number of nitrogens with one attached hydrogen (secondary N) is 1. The van der Waals surface area contributed by atoms with Gasteiger partial charge in [-0.2, -0.15) is 0 Å². The average molecular weight is 333 g/mol. The van der Waals surface area contributed by atoms with Crippen molar-refractivity contribution >= 4 is 23.2 Å². The molecule has 2 rings (SSSR count). The normalized spacial score (nSPS) is 17.9. The van der Waals surface area contributed by atoms with Crippen LogP contribution in [-0.2, 0) is 0 Å². The molecule has 0 bridgehead atoms. The quantitative estimate of drug-likeness (QED) is 0.602. The van der Waals surface area contributed by atoms with E-state index in [4.69, 9.17) is 23.2 Å². The number of halogens is 3. The van der Waals surface area contributed by atoms with Gasteiger partial charge in [-0.1, -0.05) is 49.4 Å². The first-order valence-electron chi connectivity index (χ1n) is 7.73. The maximum absolute atomic E-state index is 14.4.